The average molecular weight is 228 g/mol. The fourth-order valence-corrected chi connectivity index (χ4v) is 1.55. The second kappa shape index (κ2) is 4.60. The van der Waals surface area contributed by atoms with Crippen molar-refractivity contribution in [1.29, 1.82) is 0 Å². The Hall–Kier alpha value is -1.79. The second-order valence-electron chi connectivity index (χ2n) is 4.60. The first-order chi connectivity index (χ1) is 8.13. The molecule has 1 amide bonds. The Morgan fingerprint density at radius 1 is 1.53 bits per heavy atom. The number of hydrogen-bond donors (Lipinski definition) is 2. The molecule has 0 radical (unpaired) electrons. The van der Waals surface area contributed by atoms with E-state index in [1.807, 2.05) is 12.1 Å². The number of rotatable bonds is 2. The molecule has 3 heteroatoms. The van der Waals surface area contributed by atoms with Crippen LogP contribution in [-0.2, 0) is 0 Å². The van der Waals surface area contributed by atoms with Crippen LogP contribution in [0.15, 0.2) is 24.3 Å². The van der Waals surface area contributed by atoms with Gasteiger partial charge >= 0.3 is 0 Å². The molecule has 0 unspecified atom stereocenters. The summed E-state index contributed by atoms with van der Waals surface area (Å²) >= 11 is 0. The number of carbonyl (C=O) groups excluding carboxylic acids is 1. The normalized spacial score (nSPS) is 15.6. The van der Waals surface area contributed by atoms with Gasteiger partial charge in [-0.15, -0.1) is 0 Å². The molecule has 0 saturated heterocycles. The quantitative estimate of drug-likeness (QED) is 0.749. The SMILES string of the molecule is CC1(NC(=O)c2cccc(C#CCN)c2)CC1. The molecule has 1 saturated carbocycles. The van der Waals surface area contributed by atoms with E-state index >= 15 is 0 Å². The number of hydrogen-bond acceptors (Lipinski definition) is 2. The molecule has 1 aromatic rings. The van der Waals surface area contributed by atoms with Crippen molar-refractivity contribution in [3.8, 4) is 11.8 Å². The first-order valence-corrected chi connectivity index (χ1v) is 5.74. The van der Waals surface area contributed by atoms with Crippen molar-refractivity contribution in [3.63, 3.8) is 0 Å². The second-order valence-corrected chi connectivity index (χ2v) is 4.60. The molecule has 3 N–H and O–H groups in total. The van der Waals surface area contributed by atoms with Gasteiger partial charge in [-0.25, -0.2) is 0 Å². The lowest BCUT2D eigenvalue weighted by atomic mass is 10.1. The van der Waals surface area contributed by atoms with Crippen LogP contribution in [0, 0.1) is 11.8 Å². The van der Waals surface area contributed by atoms with Gasteiger partial charge in [-0.1, -0.05) is 17.9 Å². The van der Waals surface area contributed by atoms with E-state index < -0.39 is 0 Å². The Morgan fingerprint density at radius 3 is 2.94 bits per heavy atom. The fourth-order valence-electron chi connectivity index (χ4n) is 1.55. The van der Waals surface area contributed by atoms with Gasteiger partial charge in [0.15, 0.2) is 0 Å². The Morgan fingerprint density at radius 2 is 2.29 bits per heavy atom. The zero-order chi connectivity index (χ0) is 12.3. The molecule has 0 aliphatic heterocycles. The summed E-state index contributed by atoms with van der Waals surface area (Å²) in [6.07, 6.45) is 2.12. The molecule has 1 fully saturated rings. The average Bonchev–Trinajstić information content (AvgIpc) is 3.04. The van der Waals surface area contributed by atoms with Gasteiger partial charge in [-0.05, 0) is 38.0 Å². The molecule has 1 aromatic carbocycles. The molecule has 1 aliphatic rings. The standard InChI is InChI=1S/C14H16N2O/c1-14(7-8-14)16-13(17)12-6-2-4-11(10-12)5-3-9-15/h2,4,6,10H,7-9,15H2,1H3,(H,16,17). The van der Waals surface area contributed by atoms with Gasteiger partial charge in [0.05, 0.1) is 6.54 Å². The minimum Gasteiger partial charge on any atom is -0.347 e. The fraction of sp³-hybridized carbons (Fsp3) is 0.357. The smallest absolute Gasteiger partial charge is 0.251 e. The predicted molar refractivity (Wildman–Crippen MR) is 67.5 cm³/mol. The zero-order valence-electron chi connectivity index (χ0n) is 9.92. The monoisotopic (exact) mass is 228 g/mol. The van der Waals surface area contributed by atoms with E-state index in [1.165, 1.54) is 0 Å². The number of amides is 1. The van der Waals surface area contributed by atoms with Gasteiger partial charge < -0.3 is 11.1 Å². The predicted octanol–water partition coefficient (Wildman–Crippen LogP) is 1.28. The van der Waals surface area contributed by atoms with Crippen molar-refractivity contribution in [2.75, 3.05) is 6.54 Å². The summed E-state index contributed by atoms with van der Waals surface area (Å²) in [6, 6.07) is 7.31. The summed E-state index contributed by atoms with van der Waals surface area (Å²) in [7, 11) is 0. The lowest BCUT2D eigenvalue weighted by Gasteiger charge is -2.11. The van der Waals surface area contributed by atoms with Crippen molar-refractivity contribution in [2.24, 2.45) is 5.73 Å². The zero-order valence-corrected chi connectivity index (χ0v) is 9.92. The minimum atomic E-state index is -0.0265. The van der Waals surface area contributed by atoms with Crippen molar-refractivity contribution in [2.45, 2.75) is 25.3 Å². The summed E-state index contributed by atoms with van der Waals surface area (Å²) in [5.74, 6) is 5.67. The number of nitrogens with two attached hydrogens (primary N) is 1. The Bertz CT molecular complexity index is 492. The molecule has 0 spiro atoms. The lowest BCUT2D eigenvalue weighted by Crippen LogP contribution is -2.34. The van der Waals surface area contributed by atoms with E-state index in [2.05, 4.69) is 24.1 Å². The van der Waals surface area contributed by atoms with E-state index in [-0.39, 0.29) is 11.4 Å². The third kappa shape index (κ3) is 3.08. The molecule has 0 heterocycles. The lowest BCUT2D eigenvalue weighted by molar-refractivity contribution is 0.0935. The Kier molecular flexibility index (Phi) is 3.16. The van der Waals surface area contributed by atoms with Crippen LogP contribution in [0.3, 0.4) is 0 Å². The Balaban J connectivity index is 2.12. The third-order valence-corrected chi connectivity index (χ3v) is 2.87. The van der Waals surface area contributed by atoms with E-state index in [9.17, 15) is 4.79 Å². The summed E-state index contributed by atoms with van der Waals surface area (Å²) in [5.41, 5.74) is 6.80. The molecule has 3 nitrogen and oxygen atoms in total. The van der Waals surface area contributed by atoms with Gasteiger partial charge in [-0.3, -0.25) is 4.79 Å². The molecule has 0 aromatic heterocycles. The summed E-state index contributed by atoms with van der Waals surface area (Å²) in [5, 5.41) is 3.02. The van der Waals surface area contributed by atoms with Crippen LogP contribution in [0.2, 0.25) is 0 Å². The van der Waals surface area contributed by atoms with Crippen molar-refractivity contribution in [3.05, 3.63) is 35.4 Å². The van der Waals surface area contributed by atoms with Gasteiger partial charge in [0, 0.05) is 16.7 Å². The molecule has 0 atom stereocenters. The minimum absolute atomic E-state index is 0.00995. The highest BCUT2D eigenvalue weighted by molar-refractivity contribution is 5.95. The van der Waals surface area contributed by atoms with E-state index in [0.29, 0.717) is 12.1 Å². The molecule has 17 heavy (non-hydrogen) atoms. The summed E-state index contributed by atoms with van der Waals surface area (Å²) in [4.78, 5) is 11.9. The third-order valence-electron chi connectivity index (χ3n) is 2.87. The Labute approximate surface area is 101 Å². The van der Waals surface area contributed by atoms with Crippen LogP contribution in [0.5, 0.6) is 0 Å². The summed E-state index contributed by atoms with van der Waals surface area (Å²) < 4.78 is 0. The maximum absolute atomic E-state index is 11.9. The van der Waals surface area contributed by atoms with Gasteiger partial charge in [0.2, 0.25) is 0 Å². The highest BCUT2D eigenvalue weighted by atomic mass is 16.1. The van der Waals surface area contributed by atoms with E-state index in [1.54, 1.807) is 12.1 Å². The maximum Gasteiger partial charge on any atom is 0.251 e. The van der Waals surface area contributed by atoms with Crippen LogP contribution < -0.4 is 11.1 Å². The number of nitrogens with one attached hydrogen (secondary N) is 1. The maximum atomic E-state index is 11.9. The van der Waals surface area contributed by atoms with Gasteiger partial charge in [0.1, 0.15) is 0 Å². The van der Waals surface area contributed by atoms with Crippen LogP contribution in [0.1, 0.15) is 35.7 Å². The topological polar surface area (TPSA) is 55.1 Å². The molecule has 1 aliphatic carbocycles. The van der Waals surface area contributed by atoms with E-state index in [4.69, 9.17) is 5.73 Å². The molecule has 0 bridgehead atoms. The van der Waals surface area contributed by atoms with E-state index in [0.717, 1.165) is 18.4 Å². The van der Waals surface area contributed by atoms with Crippen molar-refractivity contribution >= 4 is 5.91 Å². The van der Waals surface area contributed by atoms with Crippen LogP contribution in [-0.4, -0.2) is 18.0 Å². The molecular formula is C14H16N2O. The highest BCUT2D eigenvalue weighted by Crippen LogP contribution is 2.34. The van der Waals surface area contributed by atoms with Gasteiger partial charge in [0.25, 0.3) is 5.91 Å². The summed E-state index contributed by atoms with van der Waals surface area (Å²) in [6.45, 7) is 2.39. The molecular weight excluding hydrogens is 212 g/mol. The van der Waals surface area contributed by atoms with Gasteiger partial charge in [-0.2, -0.15) is 0 Å². The van der Waals surface area contributed by atoms with Crippen LogP contribution >= 0.6 is 0 Å². The van der Waals surface area contributed by atoms with Crippen LogP contribution in [0.4, 0.5) is 0 Å². The largest absolute Gasteiger partial charge is 0.347 e. The number of carbonyl (C=O) groups is 1. The first kappa shape index (κ1) is 11.7. The first-order valence-electron chi connectivity index (χ1n) is 5.74. The molecule has 88 valence electrons. The van der Waals surface area contributed by atoms with Crippen molar-refractivity contribution in [1.82, 2.24) is 5.32 Å². The molecule has 2 rings (SSSR count). The van der Waals surface area contributed by atoms with Crippen molar-refractivity contribution < 1.29 is 4.79 Å². The van der Waals surface area contributed by atoms with Crippen LogP contribution in [0.25, 0.3) is 0 Å². The highest BCUT2D eigenvalue weighted by Gasteiger charge is 2.38. The number of benzene rings is 1.